The van der Waals surface area contributed by atoms with E-state index in [0.717, 1.165) is 31.4 Å². The Morgan fingerprint density at radius 2 is 1.89 bits per heavy atom. The molecule has 1 fully saturated rings. The van der Waals surface area contributed by atoms with Crippen molar-refractivity contribution in [3.05, 3.63) is 48.7 Å². The van der Waals surface area contributed by atoms with Crippen LogP contribution in [-0.2, 0) is 4.79 Å². The zero-order valence-electron chi connectivity index (χ0n) is 16.5. The van der Waals surface area contributed by atoms with Crippen molar-refractivity contribution in [1.82, 2.24) is 20.5 Å². The largest absolute Gasteiger partial charge is 0.348 e. The molecular weight excluding hydrogens is 352 g/mol. The number of benzene rings is 1. The maximum absolute atomic E-state index is 11.7. The monoisotopic (exact) mass is 380 g/mol. The van der Waals surface area contributed by atoms with Gasteiger partial charge in [0.15, 0.2) is 5.82 Å². The molecule has 28 heavy (non-hydrogen) atoms. The highest BCUT2D eigenvalue weighted by Gasteiger charge is 2.26. The van der Waals surface area contributed by atoms with Crippen molar-refractivity contribution in [2.75, 3.05) is 10.6 Å². The Morgan fingerprint density at radius 1 is 1.18 bits per heavy atom. The molecule has 1 aromatic carbocycles. The van der Waals surface area contributed by atoms with E-state index in [1.165, 1.54) is 11.6 Å². The van der Waals surface area contributed by atoms with E-state index in [1.807, 2.05) is 12.1 Å². The van der Waals surface area contributed by atoms with Gasteiger partial charge in [-0.3, -0.25) is 4.79 Å². The van der Waals surface area contributed by atoms with Gasteiger partial charge in [0.25, 0.3) is 0 Å². The molecule has 0 spiro atoms. The van der Waals surface area contributed by atoms with E-state index in [9.17, 15) is 4.79 Å². The predicted octanol–water partition coefficient (Wildman–Crippen LogP) is 3.76. The third-order valence-electron chi connectivity index (χ3n) is 5.00. The van der Waals surface area contributed by atoms with Crippen molar-refractivity contribution in [2.24, 2.45) is 0 Å². The quantitative estimate of drug-likeness (QED) is 0.634. The zero-order valence-corrected chi connectivity index (χ0v) is 16.5. The summed E-state index contributed by atoms with van der Waals surface area (Å²) < 4.78 is 0. The average Bonchev–Trinajstić information content (AvgIpc) is 2.70. The van der Waals surface area contributed by atoms with Gasteiger partial charge >= 0.3 is 0 Å². The fraction of sp³-hybridized carbons (Fsp3) is 0.429. The summed E-state index contributed by atoms with van der Waals surface area (Å²) in [4.78, 5) is 16.2. The molecule has 1 amide bonds. The van der Waals surface area contributed by atoms with Crippen molar-refractivity contribution in [3.63, 3.8) is 0 Å². The van der Waals surface area contributed by atoms with E-state index in [0.29, 0.717) is 17.7 Å². The average molecular weight is 380 g/mol. The molecule has 1 aliphatic carbocycles. The third-order valence-corrected chi connectivity index (χ3v) is 5.00. The molecule has 0 unspecified atom stereocenters. The summed E-state index contributed by atoms with van der Waals surface area (Å²) in [6.45, 7) is 7.87. The van der Waals surface area contributed by atoms with Gasteiger partial charge in [-0.25, -0.2) is 0 Å². The number of hydrogen-bond donors (Lipinski definition) is 3. The van der Waals surface area contributed by atoms with Gasteiger partial charge < -0.3 is 16.0 Å². The predicted molar refractivity (Wildman–Crippen MR) is 112 cm³/mol. The van der Waals surface area contributed by atoms with Crippen LogP contribution in [0, 0.1) is 0 Å². The second-order valence-corrected chi connectivity index (χ2v) is 7.42. The molecule has 148 valence electrons. The molecule has 3 N–H and O–H groups in total. The number of carbonyl (C=O) groups excluding carboxylic acids is 1. The molecule has 1 aliphatic rings. The number of hydrogen-bond acceptors (Lipinski definition) is 6. The van der Waals surface area contributed by atoms with Crippen LogP contribution in [0.4, 0.5) is 17.5 Å². The van der Waals surface area contributed by atoms with E-state index in [-0.39, 0.29) is 18.0 Å². The van der Waals surface area contributed by atoms with Gasteiger partial charge in [-0.1, -0.05) is 45.4 Å². The van der Waals surface area contributed by atoms with Crippen molar-refractivity contribution in [3.8, 4) is 0 Å². The van der Waals surface area contributed by atoms with E-state index in [2.05, 4.69) is 63.7 Å². The molecule has 7 nitrogen and oxygen atoms in total. The van der Waals surface area contributed by atoms with Crippen LogP contribution in [0.25, 0.3) is 0 Å². The minimum Gasteiger partial charge on any atom is -0.348 e. The van der Waals surface area contributed by atoms with E-state index >= 15 is 0 Å². The number of anilines is 3. The van der Waals surface area contributed by atoms with Gasteiger partial charge in [-0.15, -0.1) is 5.10 Å². The van der Waals surface area contributed by atoms with Crippen molar-refractivity contribution in [2.45, 2.75) is 57.5 Å². The minimum atomic E-state index is -0.155. The molecule has 0 bridgehead atoms. The third kappa shape index (κ3) is 5.28. The number of aromatic nitrogens is 3. The fourth-order valence-electron chi connectivity index (χ4n) is 3.41. The molecule has 1 aromatic heterocycles. The smallest absolute Gasteiger partial charge is 0.244 e. The SMILES string of the molecule is C=CC(=O)N[C@@H]1CCCC[C@@H]1Nc1nncc(Nc2ccc(C(C)C)cc2)n1. The summed E-state index contributed by atoms with van der Waals surface area (Å²) in [5.74, 6) is 1.42. The highest BCUT2D eigenvalue weighted by atomic mass is 16.1. The lowest BCUT2D eigenvalue weighted by Crippen LogP contribution is -2.48. The number of rotatable bonds is 7. The Labute approximate surface area is 166 Å². The molecular formula is C21H28N6O. The number of nitrogens with one attached hydrogen (secondary N) is 3. The first-order valence-corrected chi connectivity index (χ1v) is 9.81. The summed E-state index contributed by atoms with van der Waals surface area (Å²) in [6, 6.07) is 8.38. The summed E-state index contributed by atoms with van der Waals surface area (Å²) in [5.41, 5.74) is 2.24. The second kappa shape index (κ2) is 9.30. The second-order valence-electron chi connectivity index (χ2n) is 7.42. The van der Waals surface area contributed by atoms with Crippen LogP contribution in [0.5, 0.6) is 0 Å². The molecule has 1 saturated carbocycles. The lowest BCUT2D eigenvalue weighted by Gasteiger charge is -2.32. The van der Waals surface area contributed by atoms with Crippen LogP contribution in [-0.4, -0.2) is 33.2 Å². The van der Waals surface area contributed by atoms with Crippen LogP contribution >= 0.6 is 0 Å². The molecule has 0 aliphatic heterocycles. The lowest BCUT2D eigenvalue weighted by molar-refractivity contribution is -0.117. The van der Waals surface area contributed by atoms with Crippen molar-refractivity contribution in [1.29, 1.82) is 0 Å². The first kappa shape index (κ1) is 19.8. The normalized spacial score (nSPS) is 19.1. The number of nitrogens with zero attached hydrogens (tertiary/aromatic N) is 3. The van der Waals surface area contributed by atoms with Crippen LogP contribution < -0.4 is 16.0 Å². The number of carbonyl (C=O) groups is 1. The van der Waals surface area contributed by atoms with Crippen LogP contribution in [0.1, 0.15) is 51.0 Å². The van der Waals surface area contributed by atoms with Crippen LogP contribution in [0.3, 0.4) is 0 Å². The zero-order chi connectivity index (χ0) is 19.9. The maximum Gasteiger partial charge on any atom is 0.244 e. The van der Waals surface area contributed by atoms with Gasteiger partial charge in [-0.05, 0) is 42.5 Å². The topological polar surface area (TPSA) is 91.8 Å². The Kier molecular flexibility index (Phi) is 6.57. The van der Waals surface area contributed by atoms with Gasteiger partial charge in [0.05, 0.1) is 6.20 Å². The van der Waals surface area contributed by atoms with Crippen LogP contribution in [0.2, 0.25) is 0 Å². The van der Waals surface area contributed by atoms with E-state index in [4.69, 9.17) is 0 Å². The summed E-state index contributed by atoms with van der Waals surface area (Å²) in [7, 11) is 0. The highest BCUT2D eigenvalue weighted by Crippen LogP contribution is 2.23. The number of amides is 1. The van der Waals surface area contributed by atoms with Gasteiger partial charge in [0, 0.05) is 17.8 Å². The Bertz CT molecular complexity index is 805. The minimum absolute atomic E-state index is 0.0306. The maximum atomic E-state index is 11.7. The molecule has 0 saturated heterocycles. The summed E-state index contributed by atoms with van der Waals surface area (Å²) in [6.07, 6.45) is 6.96. The Balaban J connectivity index is 1.66. The summed E-state index contributed by atoms with van der Waals surface area (Å²) in [5, 5.41) is 17.8. The molecule has 2 aromatic rings. The van der Waals surface area contributed by atoms with Crippen molar-refractivity contribution >= 4 is 23.4 Å². The van der Waals surface area contributed by atoms with Crippen LogP contribution in [0.15, 0.2) is 43.1 Å². The fourth-order valence-corrected chi connectivity index (χ4v) is 3.41. The lowest BCUT2D eigenvalue weighted by atomic mass is 9.90. The summed E-state index contributed by atoms with van der Waals surface area (Å²) >= 11 is 0. The molecule has 7 heteroatoms. The Morgan fingerprint density at radius 3 is 2.57 bits per heavy atom. The molecule has 2 atom stereocenters. The first-order chi connectivity index (χ1) is 13.5. The Hall–Kier alpha value is -2.96. The van der Waals surface area contributed by atoms with E-state index in [1.54, 1.807) is 6.20 Å². The van der Waals surface area contributed by atoms with Gasteiger partial charge in [0.2, 0.25) is 11.9 Å². The molecule has 3 rings (SSSR count). The van der Waals surface area contributed by atoms with Crippen molar-refractivity contribution < 1.29 is 4.79 Å². The first-order valence-electron chi connectivity index (χ1n) is 9.81. The molecule has 0 radical (unpaired) electrons. The van der Waals surface area contributed by atoms with E-state index < -0.39 is 0 Å². The standard InChI is InChI=1S/C21H28N6O/c1-4-20(28)24-17-7-5-6-8-18(17)25-21-26-19(13-22-27-21)23-16-11-9-15(10-12-16)14(2)3/h4,9-14,17-18H,1,5-8H2,2-3H3,(H,24,28)(H2,23,25,26,27)/t17-,18+/m1/s1. The highest BCUT2D eigenvalue weighted by molar-refractivity contribution is 5.87. The van der Waals surface area contributed by atoms with Gasteiger partial charge in [-0.2, -0.15) is 10.1 Å². The molecule has 1 heterocycles. The van der Waals surface area contributed by atoms with Gasteiger partial charge in [0.1, 0.15) is 0 Å².